The van der Waals surface area contributed by atoms with E-state index in [1.54, 1.807) is 0 Å². The van der Waals surface area contributed by atoms with E-state index in [1.807, 2.05) is 29.2 Å². The summed E-state index contributed by atoms with van der Waals surface area (Å²) in [6.07, 6.45) is 8.11. The van der Waals surface area contributed by atoms with E-state index in [9.17, 15) is 4.79 Å². The number of aliphatic imine (C=N–C) groups is 1. The number of carbonyl (C=O) groups is 1. The van der Waals surface area contributed by atoms with Crippen molar-refractivity contribution in [1.29, 1.82) is 0 Å². The van der Waals surface area contributed by atoms with Crippen molar-refractivity contribution >= 4 is 34.3 Å². The molecule has 2 fully saturated rings. The molecule has 29 heavy (non-hydrogen) atoms. The van der Waals surface area contributed by atoms with Crippen LogP contribution in [0.1, 0.15) is 63.2 Å². The zero-order valence-corrected chi connectivity index (χ0v) is 20.2. The molecule has 1 amide bonds. The van der Waals surface area contributed by atoms with Crippen LogP contribution in [0.25, 0.3) is 0 Å². The van der Waals surface area contributed by atoms with Crippen molar-refractivity contribution in [1.82, 2.24) is 9.80 Å². The molecule has 3 rings (SSSR count). The number of amidine groups is 1. The molecular formula is C24H34IN3O. The quantitative estimate of drug-likeness (QED) is 0.274. The number of rotatable bonds is 7. The molecule has 1 unspecified atom stereocenters. The maximum absolute atomic E-state index is 12.8. The second-order valence-corrected chi connectivity index (χ2v) is 9.59. The first kappa shape index (κ1) is 22.3. The van der Waals surface area contributed by atoms with E-state index in [4.69, 9.17) is 4.99 Å². The van der Waals surface area contributed by atoms with Gasteiger partial charge in [0.05, 0.1) is 0 Å². The van der Waals surface area contributed by atoms with Gasteiger partial charge in [0, 0.05) is 47.9 Å². The van der Waals surface area contributed by atoms with Crippen molar-refractivity contribution < 1.29 is 4.79 Å². The Morgan fingerprint density at radius 2 is 1.76 bits per heavy atom. The third-order valence-electron chi connectivity index (χ3n) is 6.22. The van der Waals surface area contributed by atoms with Crippen LogP contribution in [0.4, 0.5) is 0 Å². The van der Waals surface area contributed by atoms with Gasteiger partial charge in [-0.25, -0.2) is 4.99 Å². The first-order valence-corrected chi connectivity index (χ1v) is 12.1. The molecule has 1 saturated heterocycles. The minimum absolute atomic E-state index is 0.145. The highest BCUT2D eigenvalue weighted by molar-refractivity contribution is 14.1. The third-order valence-corrected chi connectivity index (χ3v) is 6.94. The van der Waals surface area contributed by atoms with Crippen molar-refractivity contribution in [2.24, 2.45) is 16.8 Å². The van der Waals surface area contributed by atoms with Crippen molar-refractivity contribution in [3.05, 3.63) is 45.2 Å². The van der Waals surface area contributed by atoms with Crippen LogP contribution >= 0.6 is 22.6 Å². The Balaban J connectivity index is 1.65. The van der Waals surface area contributed by atoms with Crippen LogP contribution in [0.5, 0.6) is 0 Å². The van der Waals surface area contributed by atoms with Gasteiger partial charge in [-0.15, -0.1) is 0 Å². The van der Waals surface area contributed by atoms with E-state index in [-0.39, 0.29) is 5.91 Å². The smallest absolute Gasteiger partial charge is 0.253 e. The van der Waals surface area contributed by atoms with E-state index in [0.717, 1.165) is 60.5 Å². The van der Waals surface area contributed by atoms with Crippen LogP contribution in [0.15, 0.2) is 41.0 Å². The Bertz CT molecular complexity index is 744. The van der Waals surface area contributed by atoms with Crippen LogP contribution in [0.3, 0.4) is 0 Å². The van der Waals surface area contributed by atoms with Gasteiger partial charge in [0.2, 0.25) is 0 Å². The van der Waals surface area contributed by atoms with Crippen LogP contribution in [0, 0.1) is 15.4 Å². The predicted molar refractivity (Wildman–Crippen MR) is 129 cm³/mol. The van der Waals surface area contributed by atoms with E-state index in [0.29, 0.717) is 5.92 Å². The highest BCUT2D eigenvalue weighted by atomic mass is 127. The number of amides is 1. The summed E-state index contributed by atoms with van der Waals surface area (Å²) in [6.45, 7) is 10.0. The van der Waals surface area contributed by atoms with Gasteiger partial charge in [-0.05, 0) is 89.9 Å². The van der Waals surface area contributed by atoms with Crippen LogP contribution in [0.2, 0.25) is 0 Å². The summed E-state index contributed by atoms with van der Waals surface area (Å²) in [5.74, 6) is 2.77. The lowest BCUT2D eigenvalue weighted by Gasteiger charge is -2.36. The largest absolute Gasteiger partial charge is 0.357 e. The molecule has 4 nitrogen and oxygen atoms in total. The number of halogens is 1. The average Bonchev–Trinajstić information content (AvgIpc) is 3.57. The maximum atomic E-state index is 12.8. The van der Waals surface area contributed by atoms with Crippen molar-refractivity contribution in [3.8, 4) is 0 Å². The minimum Gasteiger partial charge on any atom is -0.357 e. The number of nitrogens with zero attached hydrogens (tertiary/aromatic N) is 3. The van der Waals surface area contributed by atoms with Gasteiger partial charge in [-0.2, -0.15) is 0 Å². The van der Waals surface area contributed by atoms with E-state index >= 15 is 0 Å². The molecule has 0 radical (unpaired) electrons. The Kier molecular flexibility index (Phi) is 8.16. The van der Waals surface area contributed by atoms with E-state index < -0.39 is 0 Å². The Morgan fingerprint density at radius 1 is 1.14 bits per heavy atom. The number of piperazine rings is 1. The molecule has 2 aliphatic rings. The maximum Gasteiger partial charge on any atom is 0.253 e. The normalized spacial score (nSPS) is 19.4. The molecule has 5 heteroatoms. The SMILES string of the molecule is CC/C(=C\N=C(CC1CC1)N1CCN(C(=O)c2ccc(I)cc2)CC1)C(C)CC. The van der Waals surface area contributed by atoms with Gasteiger partial charge in [-0.1, -0.05) is 20.8 Å². The van der Waals surface area contributed by atoms with E-state index in [2.05, 4.69) is 54.5 Å². The first-order valence-electron chi connectivity index (χ1n) is 11.1. The van der Waals surface area contributed by atoms with Gasteiger partial charge < -0.3 is 9.80 Å². The molecule has 0 bridgehead atoms. The van der Waals surface area contributed by atoms with E-state index in [1.165, 1.54) is 24.3 Å². The molecular weight excluding hydrogens is 473 g/mol. The fraction of sp³-hybridized carbons (Fsp3) is 0.583. The van der Waals surface area contributed by atoms with Gasteiger partial charge in [-0.3, -0.25) is 4.79 Å². The Hall–Kier alpha value is -1.37. The standard InChI is InChI=1S/C24H34IN3O/c1-4-18(3)20(5-2)17-26-23(16-19-6-7-19)27-12-14-28(15-13-27)24(29)21-8-10-22(25)11-9-21/h8-11,17-19H,4-7,12-16H2,1-3H3/b20-17+,26-23?. The third kappa shape index (κ3) is 6.30. The van der Waals surface area contributed by atoms with Crippen LogP contribution in [-0.4, -0.2) is 47.7 Å². The summed E-state index contributed by atoms with van der Waals surface area (Å²) in [7, 11) is 0. The summed E-state index contributed by atoms with van der Waals surface area (Å²) in [6, 6.07) is 7.86. The zero-order chi connectivity index (χ0) is 20.8. The lowest BCUT2D eigenvalue weighted by atomic mass is 9.97. The Labute approximate surface area is 189 Å². The van der Waals surface area contributed by atoms with Gasteiger partial charge in [0.1, 0.15) is 5.84 Å². The van der Waals surface area contributed by atoms with Crippen LogP contribution < -0.4 is 0 Å². The van der Waals surface area contributed by atoms with Gasteiger partial charge >= 0.3 is 0 Å². The number of carbonyl (C=O) groups excluding carboxylic acids is 1. The molecule has 1 atom stereocenters. The molecule has 1 saturated carbocycles. The molecule has 0 aromatic heterocycles. The predicted octanol–water partition coefficient (Wildman–Crippen LogP) is 5.59. The molecule has 158 valence electrons. The second-order valence-electron chi connectivity index (χ2n) is 8.35. The number of allylic oxidation sites excluding steroid dienone is 1. The molecule has 1 aromatic carbocycles. The first-order chi connectivity index (χ1) is 14.0. The topological polar surface area (TPSA) is 35.9 Å². The fourth-order valence-corrected chi connectivity index (χ4v) is 4.13. The number of hydrogen-bond acceptors (Lipinski definition) is 2. The van der Waals surface area contributed by atoms with Crippen molar-refractivity contribution in [2.75, 3.05) is 26.2 Å². The highest BCUT2D eigenvalue weighted by Crippen LogP contribution is 2.33. The summed E-state index contributed by atoms with van der Waals surface area (Å²) < 4.78 is 1.15. The summed E-state index contributed by atoms with van der Waals surface area (Å²) in [4.78, 5) is 22.2. The van der Waals surface area contributed by atoms with Crippen LogP contribution in [-0.2, 0) is 0 Å². The summed E-state index contributed by atoms with van der Waals surface area (Å²) in [5, 5.41) is 0. The average molecular weight is 507 g/mol. The van der Waals surface area contributed by atoms with Crippen molar-refractivity contribution in [3.63, 3.8) is 0 Å². The molecule has 1 aliphatic carbocycles. The molecule has 0 N–H and O–H groups in total. The molecule has 0 spiro atoms. The molecule has 1 aliphatic heterocycles. The molecule has 1 aromatic rings. The van der Waals surface area contributed by atoms with Gasteiger partial charge in [0.25, 0.3) is 5.91 Å². The highest BCUT2D eigenvalue weighted by Gasteiger charge is 2.28. The van der Waals surface area contributed by atoms with Gasteiger partial charge in [0.15, 0.2) is 0 Å². The lowest BCUT2D eigenvalue weighted by Crippen LogP contribution is -2.50. The lowest BCUT2D eigenvalue weighted by molar-refractivity contribution is 0.0690. The monoisotopic (exact) mass is 507 g/mol. The fourth-order valence-electron chi connectivity index (χ4n) is 3.77. The summed E-state index contributed by atoms with van der Waals surface area (Å²) in [5.41, 5.74) is 2.23. The number of hydrogen-bond donors (Lipinski definition) is 0. The molecule has 1 heterocycles. The van der Waals surface area contributed by atoms with Crippen molar-refractivity contribution in [2.45, 2.75) is 52.9 Å². The zero-order valence-electron chi connectivity index (χ0n) is 18.0. The number of benzene rings is 1. The Morgan fingerprint density at radius 3 is 2.31 bits per heavy atom. The second kappa shape index (κ2) is 10.6. The summed E-state index contributed by atoms with van der Waals surface area (Å²) >= 11 is 2.27. The minimum atomic E-state index is 0.145.